The van der Waals surface area contributed by atoms with Gasteiger partial charge in [-0.3, -0.25) is 0 Å². The first-order valence-corrected chi connectivity index (χ1v) is 8.73. The van der Waals surface area contributed by atoms with Crippen molar-refractivity contribution in [3.8, 4) is 11.4 Å². The number of methoxy groups -OCH3 is 1. The van der Waals surface area contributed by atoms with Crippen molar-refractivity contribution in [2.24, 2.45) is 0 Å². The second-order valence-electron chi connectivity index (χ2n) is 5.59. The zero-order valence-electron chi connectivity index (χ0n) is 14.1. The molecule has 0 bridgehead atoms. The maximum absolute atomic E-state index is 14.2. The summed E-state index contributed by atoms with van der Waals surface area (Å²) in [6.45, 7) is 0.115. The smallest absolute Gasteiger partial charge is 0.354 e. The highest BCUT2D eigenvalue weighted by Crippen LogP contribution is 2.34. The Labute approximate surface area is 157 Å². The number of aromatic nitrogens is 4. The molecule has 0 radical (unpaired) electrons. The second kappa shape index (κ2) is 7.22. The molecule has 4 rings (SSSR count). The molecule has 2 aromatic heterocycles. The minimum absolute atomic E-state index is 0.115. The lowest BCUT2D eigenvalue weighted by atomic mass is 10.1. The van der Waals surface area contributed by atoms with Crippen LogP contribution in [0.4, 0.5) is 4.39 Å². The fraction of sp³-hybridized carbons (Fsp3) is 0.111. The summed E-state index contributed by atoms with van der Waals surface area (Å²) in [6.07, 6.45) is 1.46. The van der Waals surface area contributed by atoms with Crippen LogP contribution in [-0.2, 0) is 11.3 Å². The van der Waals surface area contributed by atoms with Gasteiger partial charge in [0.25, 0.3) is 0 Å². The van der Waals surface area contributed by atoms with Crippen LogP contribution >= 0.6 is 11.3 Å². The van der Waals surface area contributed by atoms with Gasteiger partial charge in [-0.05, 0) is 46.8 Å². The molecule has 7 nitrogen and oxygen atoms in total. The third-order valence-corrected chi connectivity index (χ3v) is 5.08. The SMILES string of the molecule is COCc1c(C(=O)Oc2ccc(-n3cnnn3)cc2)sc2cccc(F)c12. The Morgan fingerprint density at radius 3 is 2.74 bits per heavy atom. The van der Waals surface area contributed by atoms with Crippen molar-refractivity contribution in [2.75, 3.05) is 7.11 Å². The van der Waals surface area contributed by atoms with Gasteiger partial charge in [0, 0.05) is 22.8 Å². The second-order valence-corrected chi connectivity index (χ2v) is 6.65. The number of carbonyl (C=O) groups excluding carboxylic acids is 1. The Bertz CT molecular complexity index is 1090. The van der Waals surface area contributed by atoms with Crippen molar-refractivity contribution in [2.45, 2.75) is 6.61 Å². The van der Waals surface area contributed by atoms with Gasteiger partial charge in [0.05, 0.1) is 12.3 Å². The normalized spacial score (nSPS) is 11.0. The van der Waals surface area contributed by atoms with E-state index < -0.39 is 5.97 Å². The maximum atomic E-state index is 14.2. The van der Waals surface area contributed by atoms with Crippen LogP contribution in [0.25, 0.3) is 15.8 Å². The van der Waals surface area contributed by atoms with E-state index in [9.17, 15) is 9.18 Å². The van der Waals surface area contributed by atoms with E-state index in [0.717, 1.165) is 5.69 Å². The van der Waals surface area contributed by atoms with Crippen molar-refractivity contribution in [1.82, 2.24) is 20.2 Å². The zero-order chi connectivity index (χ0) is 18.8. The van der Waals surface area contributed by atoms with E-state index in [-0.39, 0.29) is 12.4 Å². The number of thiophene rings is 1. The van der Waals surface area contributed by atoms with E-state index in [1.165, 1.54) is 35.5 Å². The molecule has 0 aliphatic heterocycles. The van der Waals surface area contributed by atoms with Gasteiger partial charge in [0.1, 0.15) is 22.8 Å². The Morgan fingerprint density at radius 1 is 1.22 bits per heavy atom. The predicted octanol–water partition coefficient (Wildman–Crippen LogP) is 3.38. The standard InChI is InChI=1S/C18H13FN4O3S/c1-25-9-13-16-14(19)3-2-4-15(16)27-17(13)18(24)26-12-7-5-11(6-8-12)23-10-20-21-22-23/h2-8,10H,9H2,1H3. The van der Waals surface area contributed by atoms with Crippen molar-refractivity contribution < 1.29 is 18.7 Å². The van der Waals surface area contributed by atoms with Crippen LogP contribution in [-0.4, -0.2) is 33.3 Å². The third kappa shape index (κ3) is 3.29. The topological polar surface area (TPSA) is 79.1 Å². The van der Waals surface area contributed by atoms with Gasteiger partial charge in [-0.15, -0.1) is 16.4 Å². The Morgan fingerprint density at radius 2 is 2.04 bits per heavy atom. The van der Waals surface area contributed by atoms with Crippen LogP contribution < -0.4 is 4.74 Å². The summed E-state index contributed by atoms with van der Waals surface area (Å²) >= 11 is 1.18. The number of fused-ring (bicyclic) bond motifs is 1. The number of hydrogen-bond acceptors (Lipinski definition) is 7. The third-order valence-electron chi connectivity index (χ3n) is 3.90. The molecule has 2 aromatic carbocycles. The van der Waals surface area contributed by atoms with E-state index in [4.69, 9.17) is 9.47 Å². The first-order chi connectivity index (χ1) is 13.2. The van der Waals surface area contributed by atoms with Crippen molar-refractivity contribution in [3.05, 3.63) is 65.0 Å². The number of tetrazole rings is 1. The highest BCUT2D eigenvalue weighted by molar-refractivity contribution is 7.21. The van der Waals surface area contributed by atoms with Crippen molar-refractivity contribution in [1.29, 1.82) is 0 Å². The van der Waals surface area contributed by atoms with Crippen molar-refractivity contribution in [3.63, 3.8) is 0 Å². The molecule has 136 valence electrons. The quantitative estimate of drug-likeness (QED) is 0.388. The lowest BCUT2D eigenvalue weighted by Crippen LogP contribution is -2.09. The van der Waals surface area contributed by atoms with E-state index in [2.05, 4.69) is 15.5 Å². The molecular weight excluding hydrogens is 371 g/mol. The molecule has 0 N–H and O–H groups in total. The van der Waals surface area contributed by atoms with Crippen LogP contribution in [0.2, 0.25) is 0 Å². The van der Waals surface area contributed by atoms with Crippen molar-refractivity contribution >= 4 is 27.4 Å². The highest BCUT2D eigenvalue weighted by atomic mass is 32.1. The van der Waals surface area contributed by atoms with Gasteiger partial charge < -0.3 is 9.47 Å². The van der Waals surface area contributed by atoms with E-state index >= 15 is 0 Å². The number of carbonyl (C=O) groups is 1. The summed E-state index contributed by atoms with van der Waals surface area (Å²) in [5.41, 5.74) is 1.22. The van der Waals surface area contributed by atoms with Gasteiger partial charge in [-0.25, -0.2) is 13.9 Å². The molecule has 0 fully saturated rings. The number of rotatable bonds is 5. The molecule has 27 heavy (non-hydrogen) atoms. The molecule has 0 atom stereocenters. The molecule has 0 aliphatic carbocycles. The summed E-state index contributed by atoms with van der Waals surface area (Å²) in [5.74, 6) is -0.586. The van der Waals surface area contributed by atoms with Crippen LogP contribution in [0.5, 0.6) is 5.75 Å². The first-order valence-electron chi connectivity index (χ1n) is 7.92. The minimum atomic E-state index is -0.558. The van der Waals surface area contributed by atoms with Gasteiger partial charge in [-0.1, -0.05) is 6.07 Å². The van der Waals surface area contributed by atoms with Gasteiger partial charge in [0.15, 0.2) is 0 Å². The number of esters is 1. The summed E-state index contributed by atoms with van der Waals surface area (Å²) in [5, 5.41) is 11.3. The fourth-order valence-electron chi connectivity index (χ4n) is 2.71. The molecule has 2 heterocycles. The number of ether oxygens (including phenoxy) is 2. The molecule has 0 saturated heterocycles. The monoisotopic (exact) mass is 384 g/mol. The average molecular weight is 384 g/mol. The van der Waals surface area contributed by atoms with E-state index in [1.807, 2.05) is 0 Å². The molecule has 0 unspecified atom stereocenters. The summed E-state index contributed by atoms with van der Waals surface area (Å²) in [4.78, 5) is 13.0. The largest absolute Gasteiger partial charge is 0.422 e. The first kappa shape index (κ1) is 17.3. The van der Waals surface area contributed by atoms with Crippen LogP contribution in [0, 0.1) is 5.82 Å². The Hall–Kier alpha value is -3.17. The van der Waals surface area contributed by atoms with Gasteiger partial charge in [-0.2, -0.15) is 0 Å². The lowest BCUT2D eigenvalue weighted by molar-refractivity contribution is 0.0735. The van der Waals surface area contributed by atoms with E-state index in [1.54, 1.807) is 36.4 Å². The van der Waals surface area contributed by atoms with E-state index in [0.29, 0.717) is 26.3 Å². The molecule has 9 heteroatoms. The zero-order valence-corrected chi connectivity index (χ0v) is 14.9. The number of hydrogen-bond donors (Lipinski definition) is 0. The number of halogens is 1. The summed E-state index contributed by atoms with van der Waals surface area (Å²) < 4.78 is 27.0. The average Bonchev–Trinajstić information content (AvgIpc) is 3.32. The molecule has 4 aromatic rings. The molecule has 0 saturated carbocycles. The lowest BCUT2D eigenvalue weighted by Gasteiger charge is -2.06. The van der Waals surface area contributed by atoms with Crippen LogP contribution in [0.1, 0.15) is 15.2 Å². The molecular formula is C18H13FN4O3S. The Kier molecular flexibility index (Phi) is 4.61. The van der Waals surface area contributed by atoms with Crippen LogP contribution in [0.3, 0.4) is 0 Å². The highest BCUT2D eigenvalue weighted by Gasteiger charge is 2.22. The van der Waals surface area contributed by atoms with Gasteiger partial charge >= 0.3 is 5.97 Å². The maximum Gasteiger partial charge on any atom is 0.354 e. The molecule has 0 aliphatic rings. The number of benzene rings is 2. The molecule has 0 amide bonds. The summed E-state index contributed by atoms with van der Waals surface area (Å²) in [6, 6.07) is 11.5. The number of nitrogens with zero attached hydrogens (tertiary/aromatic N) is 4. The van der Waals surface area contributed by atoms with Gasteiger partial charge in [0.2, 0.25) is 0 Å². The fourth-order valence-corrected chi connectivity index (χ4v) is 3.81. The molecule has 0 spiro atoms. The predicted molar refractivity (Wildman–Crippen MR) is 96.6 cm³/mol. The Balaban J connectivity index is 1.63. The van der Waals surface area contributed by atoms with Crippen LogP contribution in [0.15, 0.2) is 48.8 Å². The summed E-state index contributed by atoms with van der Waals surface area (Å²) in [7, 11) is 1.50. The minimum Gasteiger partial charge on any atom is -0.422 e.